The van der Waals surface area contributed by atoms with Gasteiger partial charge in [-0.05, 0) is 49.6 Å². The van der Waals surface area contributed by atoms with E-state index in [0.29, 0.717) is 0 Å². The molecule has 0 nitrogen and oxygen atoms in total. The Balaban J connectivity index is 3.03. The van der Waals surface area contributed by atoms with Crippen molar-refractivity contribution < 1.29 is 0 Å². The summed E-state index contributed by atoms with van der Waals surface area (Å²) in [5.74, 6) is 0. The third-order valence-corrected chi connectivity index (χ3v) is 2.39. The van der Waals surface area contributed by atoms with E-state index in [4.69, 9.17) is 0 Å². The van der Waals surface area contributed by atoms with Crippen LogP contribution < -0.4 is 0 Å². The standard InChI is InChI=1S/C12H16S/c1-9(2)5-11-7-13-8-12(11)6-10(3)4/h5-8H,1-4H3. The predicted molar refractivity (Wildman–Crippen MR) is 63.0 cm³/mol. The van der Waals surface area contributed by atoms with Crippen molar-refractivity contribution in [2.75, 3.05) is 0 Å². The van der Waals surface area contributed by atoms with E-state index in [2.05, 4.69) is 50.6 Å². The van der Waals surface area contributed by atoms with Crippen LogP contribution in [0.5, 0.6) is 0 Å². The van der Waals surface area contributed by atoms with Gasteiger partial charge in [0.1, 0.15) is 0 Å². The lowest BCUT2D eigenvalue weighted by Gasteiger charge is -1.95. The van der Waals surface area contributed by atoms with E-state index in [-0.39, 0.29) is 0 Å². The molecule has 0 aliphatic rings. The molecule has 1 aromatic heterocycles. The molecule has 1 rings (SSSR count). The molecule has 1 aromatic rings. The van der Waals surface area contributed by atoms with Crippen molar-refractivity contribution in [3.05, 3.63) is 33.0 Å². The van der Waals surface area contributed by atoms with Crippen LogP contribution in [0.15, 0.2) is 21.9 Å². The van der Waals surface area contributed by atoms with E-state index < -0.39 is 0 Å². The molecule has 0 atom stereocenters. The van der Waals surface area contributed by atoms with Gasteiger partial charge in [0.2, 0.25) is 0 Å². The van der Waals surface area contributed by atoms with Crippen molar-refractivity contribution in [2.24, 2.45) is 0 Å². The largest absolute Gasteiger partial charge is 0.151 e. The second kappa shape index (κ2) is 4.43. The van der Waals surface area contributed by atoms with E-state index in [1.807, 2.05) is 0 Å². The monoisotopic (exact) mass is 192 g/mol. The fourth-order valence-corrected chi connectivity index (χ4v) is 1.94. The van der Waals surface area contributed by atoms with E-state index in [9.17, 15) is 0 Å². The van der Waals surface area contributed by atoms with Crippen LogP contribution >= 0.6 is 11.3 Å². The summed E-state index contributed by atoms with van der Waals surface area (Å²) in [6, 6.07) is 0. The third kappa shape index (κ3) is 3.19. The van der Waals surface area contributed by atoms with Gasteiger partial charge in [0.25, 0.3) is 0 Å². The highest BCUT2D eigenvalue weighted by Crippen LogP contribution is 2.20. The number of thiophene rings is 1. The second-order valence-electron chi connectivity index (χ2n) is 3.73. The second-order valence-corrected chi connectivity index (χ2v) is 4.47. The molecule has 0 bridgehead atoms. The Kier molecular flexibility index (Phi) is 3.49. The van der Waals surface area contributed by atoms with Crippen LogP contribution in [0.3, 0.4) is 0 Å². The molecule has 0 aromatic carbocycles. The molecule has 1 heteroatoms. The van der Waals surface area contributed by atoms with E-state index in [1.165, 1.54) is 22.3 Å². The normalized spacial score (nSPS) is 9.54. The van der Waals surface area contributed by atoms with E-state index >= 15 is 0 Å². The van der Waals surface area contributed by atoms with Gasteiger partial charge in [0, 0.05) is 0 Å². The summed E-state index contributed by atoms with van der Waals surface area (Å²) in [6.07, 6.45) is 4.45. The number of rotatable bonds is 2. The molecule has 0 fully saturated rings. The van der Waals surface area contributed by atoms with Gasteiger partial charge in [-0.3, -0.25) is 0 Å². The van der Waals surface area contributed by atoms with Crippen molar-refractivity contribution in [2.45, 2.75) is 27.7 Å². The summed E-state index contributed by atoms with van der Waals surface area (Å²) in [4.78, 5) is 0. The van der Waals surface area contributed by atoms with Crippen LogP contribution in [0.1, 0.15) is 38.8 Å². The number of hydrogen-bond acceptors (Lipinski definition) is 1. The highest BCUT2D eigenvalue weighted by Gasteiger charge is 1.97. The Morgan fingerprint density at radius 1 is 0.923 bits per heavy atom. The number of allylic oxidation sites excluding steroid dienone is 2. The van der Waals surface area contributed by atoms with Crippen molar-refractivity contribution in [1.82, 2.24) is 0 Å². The Morgan fingerprint density at radius 2 is 1.31 bits per heavy atom. The van der Waals surface area contributed by atoms with Crippen LogP contribution in [0.4, 0.5) is 0 Å². The minimum Gasteiger partial charge on any atom is -0.151 e. The van der Waals surface area contributed by atoms with Gasteiger partial charge in [-0.25, -0.2) is 0 Å². The summed E-state index contributed by atoms with van der Waals surface area (Å²) in [5, 5.41) is 4.39. The Morgan fingerprint density at radius 3 is 1.62 bits per heavy atom. The van der Waals surface area contributed by atoms with Gasteiger partial charge < -0.3 is 0 Å². The molecule has 0 unspecified atom stereocenters. The minimum atomic E-state index is 1.34. The summed E-state index contributed by atoms with van der Waals surface area (Å²) in [7, 11) is 0. The molecule has 70 valence electrons. The van der Waals surface area contributed by atoms with Crippen LogP contribution in [-0.4, -0.2) is 0 Å². The fourth-order valence-electron chi connectivity index (χ4n) is 1.17. The molecule has 0 radical (unpaired) electrons. The average Bonchev–Trinajstić information content (AvgIpc) is 2.34. The maximum absolute atomic E-state index is 2.23. The van der Waals surface area contributed by atoms with Crippen LogP contribution in [-0.2, 0) is 0 Å². The van der Waals surface area contributed by atoms with E-state index in [1.54, 1.807) is 11.3 Å². The molecule has 0 amide bonds. The maximum atomic E-state index is 2.23. The molecular weight excluding hydrogens is 176 g/mol. The lowest BCUT2D eigenvalue weighted by Crippen LogP contribution is -1.74. The van der Waals surface area contributed by atoms with Crippen LogP contribution in [0.2, 0.25) is 0 Å². The highest BCUT2D eigenvalue weighted by atomic mass is 32.1. The number of hydrogen-bond donors (Lipinski definition) is 0. The third-order valence-electron chi connectivity index (χ3n) is 1.61. The van der Waals surface area contributed by atoms with Gasteiger partial charge in [0.15, 0.2) is 0 Å². The van der Waals surface area contributed by atoms with Gasteiger partial charge in [-0.1, -0.05) is 23.3 Å². The summed E-state index contributed by atoms with van der Waals surface area (Å²) >= 11 is 1.76. The highest BCUT2D eigenvalue weighted by molar-refractivity contribution is 7.08. The lowest BCUT2D eigenvalue weighted by molar-refractivity contribution is 1.41. The molecule has 0 spiro atoms. The molecule has 13 heavy (non-hydrogen) atoms. The topological polar surface area (TPSA) is 0 Å². The van der Waals surface area contributed by atoms with Crippen molar-refractivity contribution >= 4 is 23.5 Å². The predicted octanol–water partition coefficient (Wildman–Crippen LogP) is 4.59. The zero-order valence-corrected chi connectivity index (χ0v) is 9.53. The Hall–Kier alpha value is -0.820. The molecule has 1 heterocycles. The van der Waals surface area contributed by atoms with E-state index in [0.717, 1.165) is 0 Å². The molecule has 0 N–H and O–H groups in total. The molecule has 0 saturated carbocycles. The zero-order chi connectivity index (χ0) is 9.84. The van der Waals surface area contributed by atoms with Crippen LogP contribution in [0, 0.1) is 0 Å². The van der Waals surface area contributed by atoms with Crippen LogP contribution in [0.25, 0.3) is 12.2 Å². The first-order valence-corrected chi connectivity index (χ1v) is 5.40. The SMILES string of the molecule is CC(C)=Cc1cscc1C=C(C)C. The quantitative estimate of drug-likeness (QED) is 0.642. The Bertz CT molecular complexity index is 299. The maximum Gasteiger partial charge on any atom is -0.00145 e. The minimum absolute atomic E-state index is 1.34. The summed E-state index contributed by atoms with van der Waals surface area (Å²) < 4.78 is 0. The molecular formula is C12H16S. The first-order chi connectivity index (χ1) is 6.09. The van der Waals surface area contributed by atoms with Gasteiger partial charge in [0.05, 0.1) is 0 Å². The van der Waals surface area contributed by atoms with Crippen molar-refractivity contribution in [3.63, 3.8) is 0 Å². The molecule has 0 aliphatic heterocycles. The first-order valence-electron chi connectivity index (χ1n) is 4.45. The molecule has 0 aliphatic carbocycles. The summed E-state index contributed by atoms with van der Waals surface area (Å²) in [6.45, 7) is 8.52. The van der Waals surface area contributed by atoms with Crippen molar-refractivity contribution in [3.8, 4) is 0 Å². The van der Waals surface area contributed by atoms with Crippen molar-refractivity contribution in [1.29, 1.82) is 0 Å². The molecule has 0 saturated heterocycles. The summed E-state index contributed by atoms with van der Waals surface area (Å²) in [5.41, 5.74) is 5.38. The van der Waals surface area contributed by atoms with Gasteiger partial charge in [-0.2, -0.15) is 11.3 Å². The smallest absolute Gasteiger partial charge is 0.00145 e. The average molecular weight is 192 g/mol. The van der Waals surface area contributed by atoms with Gasteiger partial charge >= 0.3 is 0 Å². The lowest BCUT2D eigenvalue weighted by atomic mass is 10.1. The fraction of sp³-hybridized carbons (Fsp3) is 0.333. The van der Waals surface area contributed by atoms with Gasteiger partial charge in [-0.15, -0.1) is 0 Å². The first kappa shape index (κ1) is 10.3. The zero-order valence-electron chi connectivity index (χ0n) is 8.72. The Labute approximate surface area is 84.6 Å².